The van der Waals surface area contributed by atoms with E-state index in [1.165, 1.54) is 12.8 Å². The summed E-state index contributed by atoms with van der Waals surface area (Å²) in [5, 5.41) is 11.7. The average Bonchev–Trinajstić information content (AvgIpc) is 2.98. The fourth-order valence-electron chi connectivity index (χ4n) is 2.04. The predicted octanol–water partition coefficient (Wildman–Crippen LogP) is 1.59. The van der Waals surface area contributed by atoms with Gasteiger partial charge in [0.15, 0.2) is 0 Å². The standard InChI is InChI=1S/C11H23N3OS/c1-9(7-16-3)14(2)8-11(4-5-11)6-10(12)13-15/h9,15H,4-8H2,1-3H3,(H2,12,13). The Labute approximate surface area is 102 Å². The maximum absolute atomic E-state index is 8.60. The molecule has 0 heterocycles. The molecule has 1 aliphatic rings. The van der Waals surface area contributed by atoms with Crippen molar-refractivity contribution in [2.45, 2.75) is 32.2 Å². The Bertz CT molecular complexity index is 254. The van der Waals surface area contributed by atoms with Crippen molar-refractivity contribution in [3.63, 3.8) is 0 Å². The molecule has 1 aliphatic carbocycles. The molecule has 94 valence electrons. The van der Waals surface area contributed by atoms with Gasteiger partial charge in [0.1, 0.15) is 5.84 Å². The summed E-state index contributed by atoms with van der Waals surface area (Å²) in [6, 6.07) is 0.583. The summed E-state index contributed by atoms with van der Waals surface area (Å²) in [4.78, 5) is 2.38. The Morgan fingerprint density at radius 2 is 2.25 bits per heavy atom. The molecule has 0 saturated heterocycles. The number of thioether (sulfide) groups is 1. The van der Waals surface area contributed by atoms with Crippen LogP contribution in [-0.4, -0.2) is 47.6 Å². The highest BCUT2D eigenvalue weighted by Crippen LogP contribution is 2.49. The Hall–Kier alpha value is -0.420. The van der Waals surface area contributed by atoms with E-state index < -0.39 is 0 Å². The quantitative estimate of drug-likeness (QED) is 0.309. The maximum Gasteiger partial charge on any atom is 0.139 e. The van der Waals surface area contributed by atoms with Crippen molar-refractivity contribution in [1.29, 1.82) is 0 Å². The van der Waals surface area contributed by atoms with Crippen LogP contribution >= 0.6 is 11.8 Å². The molecule has 4 nitrogen and oxygen atoms in total. The largest absolute Gasteiger partial charge is 0.409 e. The van der Waals surface area contributed by atoms with Crippen LogP contribution in [0, 0.1) is 5.41 Å². The van der Waals surface area contributed by atoms with Gasteiger partial charge in [0.25, 0.3) is 0 Å². The molecule has 16 heavy (non-hydrogen) atoms. The van der Waals surface area contributed by atoms with E-state index in [-0.39, 0.29) is 5.41 Å². The highest BCUT2D eigenvalue weighted by molar-refractivity contribution is 7.98. The zero-order chi connectivity index (χ0) is 12.2. The van der Waals surface area contributed by atoms with Crippen LogP contribution in [0.25, 0.3) is 0 Å². The van der Waals surface area contributed by atoms with Gasteiger partial charge >= 0.3 is 0 Å². The lowest BCUT2D eigenvalue weighted by Gasteiger charge is -2.28. The summed E-state index contributed by atoms with van der Waals surface area (Å²) in [6.07, 6.45) is 5.24. The SMILES string of the molecule is CSCC(C)N(C)CC1(CC(N)=NO)CC1. The van der Waals surface area contributed by atoms with Crippen LogP contribution < -0.4 is 5.73 Å². The molecular weight excluding hydrogens is 222 g/mol. The van der Waals surface area contributed by atoms with E-state index in [0.29, 0.717) is 11.9 Å². The van der Waals surface area contributed by atoms with E-state index in [0.717, 1.165) is 18.7 Å². The second-order valence-corrected chi connectivity index (χ2v) is 5.90. The first-order valence-corrected chi connectivity index (χ1v) is 7.08. The minimum atomic E-state index is 0.276. The number of rotatable bonds is 7. The van der Waals surface area contributed by atoms with E-state index in [2.05, 4.69) is 30.3 Å². The van der Waals surface area contributed by atoms with Gasteiger partial charge in [-0.05, 0) is 38.5 Å². The molecular formula is C11H23N3OS. The van der Waals surface area contributed by atoms with Gasteiger partial charge in [-0.25, -0.2) is 0 Å². The molecule has 0 aromatic rings. The lowest BCUT2D eigenvalue weighted by molar-refractivity contribution is 0.223. The molecule has 0 aliphatic heterocycles. The molecule has 0 aromatic carbocycles. The second kappa shape index (κ2) is 5.77. The zero-order valence-corrected chi connectivity index (χ0v) is 11.3. The molecule has 5 heteroatoms. The third-order valence-electron chi connectivity index (χ3n) is 3.39. The van der Waals surface area contributed by atoms with Gasteiger partial charge in [0.2, 0.25) is 0 Å². The molecule has 0 aromatic heterocycles. The molecule has 1 rings (SSSR count). The van der Waals surface area contributed by atoms with E-state index in [1.54, 1.807) is 0 Å². The smallest absolute Gasteiger partial charge is 0.139 e. The summed E-state index contributed by atoms with van der Waals surface area (Å²) in [7, 11) is 2.16. The molecule has 1 unspecified atom stereocenters. The Morgan fingerprint density at radius 3 is 2.69 bits per heavy atom. The van der Waals surface area contributed by atoms with Gasteiger partial charge in [-0.1, -0.05) is 5.16 Å². The highest BCUT2D eigenvalue weighted by Gasteiger charge is 2.44. The van der Waals surface area contributed by atoms with E-state index in [4.69, 9.17) is 10.9 Å². The maximum atomic E-state index is 8.60. The summed E-state index contributed by atoms with van der Waals surface area (Å²) in [5.74, 6) is 1.51. The minimum absolute atomic E-state index is 0.276. The van der Waals surface area contributed by atoms with Crippen molar-refractivity contribution in [3.05, 3.63) is 0 Å². The lowest BCUT2D eigenvalue weighted by Crippen LogP contribution is -2.37. The molecule has 0 spiro atoms. The van der Waals surface area contributed by atoms with Crippen molar-refractivity contribution < 1.29 is 5.21 Å². The zero-order valence-electron chi connectivity index (χ0n) is 10.4. The Balaban J connectivity index is 2.41. The first-order chi connectivity index (χ1) is 7.53. The molecule has 0 amide bonds. The summed E-state index contributed by atoms with van der Waals surface area (Å²) < 4.78 is 0. The fourth-order valence-corrected chi connectivity index (χ4v) is 2.78. The molecule has 0 bridgehead atoms. The molecule has 0 radical (unpaired) electrons. The van der Waals surface area contributed by atoms with Gasteiger partial charge < -0.3 is 15.8 Å². The van der Waals surface area contributed by atoms with Crippen LogP contribution in [0.1, 0.15) is 26.2 Å². The highest BCUT2D eigenvalue weighted by atomic mass is 32.2. The van der Waals surface area contributed by atoms with Gasteiger partial charge in [0.05, 0.1) is 0 Å². The summed E-state index contributed by atoms with van der Waals surface area (Å²) in [6.45, 7) is 3.29. The average molecular weight is 245 g/mol. The number of oxime groups is 1. The molecule has 3 N–H and O–H groups in total. The monoisotopic (exact) mass is 245 g/mol. The van der Waals surface area contributed by atoms with Gasteiger partial charge in [-0.15, -0.1) is 0 Å². The molecule has 1 atom stereocenters. The van der Waals surface area contributed by atoms with E-state index in [9.17, 15) is 0 Å². The van der Waals surface area contributed by atoms with Crippen molar-refractivity contribution in [2.24, 2.45) is 16.3 Å². The van der Waals surface area contributed by atoms with Gasteiger partial charge in [0, 0.05) is 24.8 Å². The van der Waals surface area contributed by atoms with E-state index >= 15 is 0 Å². The van der Waals surface area contributed by atoms with Crippen LogP contribution in [0.4, 0.5) is 0 Å². The fraction of sp³-hybridized carbons (Fsp3) is 0.909. The molecule has 1 fully saturated rings. The second-order valence-electron chi connectivity index (χ2n) is 4.99. The lowest BCUT2D eigenvalue weighted by atomic mass is 10.0. The topological polar surface area (TPSA) is 61.8 Å². The number of nitrogens with zero attached hydrogens (tertiary/aromatic N) is 2. The number of amidine groups is 1. The first kappa shape index (κ1) is 13.6. The van der Waals surface area contributed by atoms with Crippen LogP contribution in [-0.2, 0) is 0 Å². The minimum Gasteiger partial charge on any atom is -0.409 e. The van der Waals surface area contributed by atoms with E-state index in [1.807, 2.05) is 11.8 Å². The predicted molar refractivity (Wildman–Crippen MR) is 70.2 cm³/mol. The number of hydrogen-bond acceptors (Lipinski definition) is 4. The Morgan fingerprint density at radius 1 is 1.62 bits per heavy atom. The normalized spacial score (nSPS) is 21.1. The summed E-state index contributed by atoms with van der Waals surface area (Å²) in [5.41, 5.74) is 5.86. The molecule has 1 saturated carbocycles. The Kier molecular flexibility index (Phi) is 4.92. The van der Waals surface area contributed by atoms with Gasteiger partial charge in [-0.2, -0.15) is 11.8 Å². The number of hydrogen-bond donors (Lipinski definition) is 2. The third kappa shape index (κ3) is 3.87. The summed E-state index contributed by atoms with van der Waals surface area (Å²) >= 11 is 1.87. The van der Waals surface area contributed by atoms with Crippen LogP contribution in [0.5, 0.6) is 0 Å². The van der Waals surface area contributed by atoms with Crippen molar-refractivity contribution in [2.75, 3.05) is 25.6 Å². The first-order valence-electron chi connectivity index (χ1n) is 5.68. The third-order valence-corrected chi connectivity index (χ3v) is 4.20. The van der Waals surface area contributed by atoms with Gasteiger partial charge in [-0.3, -0.25) is 0 Å². The van der Waals surface area contributed by atoms with Crippen molar-refractivity contribution in [3.8, 4) is 0 Å². The number of nitrogens with two attached hydrogens (primary N) is 1. The van der Waals surface area contributed by atoms with Crippen molar-refractivity contribution in [1.82, 2.24) is 4.90 Å². The van der Waals surface area contributed by atoms with Crippen LogP contribution in [0.3, 0.4) is 0 Å². The van der Waals surface area contributed by atoms with Crippen LogP contribution in [0.15, 0.2) is 5.16 Å². The van der Waals surface area contributed by atoms with Crippen LogP contribution in [0.2, 0.25) is 0 Å². The van der Waals surface area contributed by atoms with Crippen molar-refractivity contribution >= 4 is 17.6 Å².